The van der Waals surface area contributed by atoms with Crippen molar-refractivity contribution in [2.45, 2.75) is 25.4 Å². The Balaban J connectivity index is 0.750. The minimum absolute atomic E-state index is 0.0121. The third kappa shape index (κ3) is 8.37. The number of nitrogens with zero attached hydrogens (tertiary/aromatic N) is 12. The normalized spacial score (nSPS) is 15.4. The van der Waals surface area contributed by atoms with Gasteiger partial charge in [0.15, 0.2) is 17.1 Å². The summed E-state index contributed by atoms with van der Waals surface area (Å²) in [5, 5.41) is 13.2. The van der Waals surface area contributed by atoms with Gasteiger partial charge in [0.25, 0.3) is 5.91 Å². The summed E-state index contributed by atoms with van der Waals surface area (Å²) in [5.41, 5.74) is 9.75. The van der Waals surface area contributed by atoms with Crippen LogP contribution in [0.4, 0.5) is 26.9 Å². The molecular weight excluding hydrogens is 937 g/mol. The van der Waals surface area contributed by atoms with Crippen molar-refractivity contribution in [3.8, 4) is 22.8 Å². The zero-order chi connectivity index (χ0) is 45.5. The molecule has 2 fully saturated rings. The van der Waals surface area contributed by atoms with Crippen molar-refractivity contribution in [3.05, 3.63) is 113 Å². The number of H-pyrrole nitrogens is 1. The molecule has 2 aliphatic rings. The molecule has 22 heteroatoms. The minimum atomic E-state index is -0.597. The summed E-state index contributed by atoms with van der Waals surface area (Å²) in [4.78, 5) is 58.0. The van der Waals surface area contributed by atoms with Crippen molar-refractivity contribution in [2.24, 2.45) is 0 Å². The number of nitrogens with two attached hydrogens (primary N) is 1. The number of aromatic nitrogens is 10. The van der Waals surface area contributed by atoms with Crippen LogP contribution in [0.3, 0.4) is 0 Å². The third-order valence-electron chi connectivity index (χ3n) is 11.5. The number of piperazine rings is 1. The summed E-state index contributed by atoms with van der Waals surface area (Å²) in [7, 11) is 0. The van der Waals surface area contributed by atoms with Gasteiger partial charge in [-0.2, -0.15) is 24.7 Å². The molecule has 8 aromatic rings. The van der Waals surface area contributed by atoms with E-state index in [9.17, 15) is 14.0 Å². The van der Waals surface area contributed by atoms with Crippen molar-refractivity contribution in [1.82, 2.24) is 59.1 Å². The highest BCUT2D eigenvalue weighted by atomic mass is 79.9. The Kier molecular flexibility index (Phi) is 11.5. The van der Waals surface area contributed by atoms with Gasteiger partial charge in [0.05, 0.1) is 39.2 Å². The van der Waals surface area contributed by atoms with E-state index in [0.29, 0.717) is 107 Å². The molecule has 2 aliphatic heterocycles. The lowest BCUT2D eigenvalue weighted by Crippen LogP contribution is -2.49. The number of piperidine rings is 1. The molecule has 0 bridgehead atoms. The Hall–Kier alpha value is -7.39. The van der Waals surface area contributed by atoms with Crippen molar-refractivity contribution in [2.75, 3.05) is 61.8 Å². The lowest BCUT2D eigenvalue weighted by atomic mass is 10.0. The molecule has 0 aliphatic carbocycles. The fourth-order valence-electron chi connectivity index (χ4n) is 8.12. The topological polar surface area (TPSA) is 216 Å². The Morgan fingerprint density at radius 2 is 1.74 bits per heavy atom. The molecule has 1 atom stereocenters. The third-order valence-corrected chi connectivity index (χ3v) is 12.3. The number of nitrogen functional groups attached to an aromatic ring is 1. The van der Waals surface area contributed by atoms with E-state index in [-0.39, 0.29) is 41.2 Å². The number of likely N-dealkylation sites (tertiary alicyclic amines) is 1. The second-order valence-electron chi connectivity index (χ2n) is 15.7. The lowest BCUT2D eigenvalue weighted by molar-refractivity contribution is -0.129. The van der Waals surface area contributed by atoms with Gasteiger partial charge in [-0.25, -0.2) is 28.8 Å². The van der Waals surface area contributed by atoms with Crippen LogP contribution >= 0.6 is 27.5 Å². The van der Waals surface area contributed by atoms with Crippen LogP contribution in [0.25, 0.3) is 39.0 Å². The number of amides is 2. The molecule has 336 valence electrons. The van der Waals surface area contributed by atoms with Crippen molar-refractivity contribution in [3.63, 3.8) is 0 Å². The van der Waals surface area contributed by atoms with Gasteiger partial charge in [-0.1, -0.05) is 36.4 Å². The number of ether oxygens (including phenoxy) is 2. The van der Waals surface area contributed by atoms with Gasteiger partial charge in [0.2, 0.25) is 11.9 Å². The molecule has 0 unspecified atom stereocenters. The fourth-order valence-corrected chi connectivity index (χ4v) is 8.62. The molecule has 2 saturated heterocycles. The minimum Gasteiger partial charge on any atom is -0.457 e. The van der Waals surface area contributed by atoms with Crippen LogP contribution < -0.4 is 20.7 Å². The second-order valence-corrected chi connectivity index (χ2v) is 17.0. The zero-order valence-electron chi connectivity index (χ0n) is 35.1. The van der Waals surface area contributed by atoms with Crippen LogP contribution in [0, 0.1) is 5.82 Å². The number of halogens is 3. The number of imidazole rings is 1. The summed E-state index contributed by atoms with van der Waals surface area (Å²) in [6.07, 6.45) is 3.92. The first-order valence-corrected chi connectivity index (χ1v) is 22.2. The highest BCUT2D eigenvalue weighted by Crippen LogP contribution is 2.35. The number of aromatic amines is 1. The number of fused-ring (bicyclic) bond motifs is 3. The van der Waals surface area contributed by atoms with Crippen LogP contribution in [-0.2, 0) is 16.1 Å². The number of anilines is 3. The number of benzene rings is 3. The second kappa shape index (κ2) is 17.9. The number of carbonyl (C=O) groups excluding carboxylic acids is 2. The maximum atomic E-state index is 14.5. The molecule has 19 nitrogen and oxygen atoms in total. The maximum absolute atomic E-state index is 14.5. The highest BCUT2D eigenvalue weighted by molar-refractivity contribution is 9.10. The van der Waals surface area contributed by atoms with Gasteiger partial charge in [0, 0.05) is 50.4 Å². The number of rotatable bonds is 11. The first kappa shape index (κ1) is 42.6. The summed E-state index contributed by atoms with van der Waals surface area (Å²) in [5.74, 6) is 2.05. The van der Waals surface area contributed by atoms with E-state index in [0.717, 1.165) is 17.7 Å². The van der Waals surface area contributed by atoms with Crippen LogP contribution in [-0.4, -0.2) is 117 Å². The first-order valence-electron chi connectivity index (χ1n) is 21.0. The molecule has 4 N–H and O–H groups in total. The molecule has 66 heavy (non-hydrogen) atoms. The molecule has 0 spiro atoms. The number of hydrogen-bond donors (Lipinski definition) is 3. The molecule has 10 rings (SSSR count). The Morgan fingerprint density at radius 1 is 0.955 bits per heavy atom. The zero-order valence-corrected chi connectivity index (χ0v) is 37.4. The number of hydrogen-bond acceptors (Lipinski definition) is 14. The van der Waals surface area contributed by atoms with Crippen LogP contribution in [0.1, 0.15) is 24.7 Å². The first-order chi connectivity index (χ1) is 32.1. The quantitative estimate of drug-likeness (QED) is 0.111. The maximum Gasteiger partial charge on any atom is 0.410 e. The van der Waals surface area contributed by atoms with Gasteiger partial charge >= 0.3 is 6.09 Å². The van der Waals surface area contributed by atoms with Gasteiger partial charge in [-0.05, 0) is 77.3 Å². The smallest absolute Gasteiger partial charge is 0.410 e. The summed E-state index contributed by atoms with van der Waals surface area (Å²) in [6.45, 7) is 6.20. The number of carbonyl (C=O) groups is 2. The van der Waals surface area contributed by atoms with Gasteiger partial charge in [-0.15, -0.1) is 0 Å². The Morgan fingerprint density at radius 3 is 2.55 bits per heavy atom. The number of para-hydroxylation sites is 1. The van der Waals surface area contributed by atoms with Crippen molar-refractivity contribution in [1.29, 1.82) is 0 Å². The van der Waals surface area contributed by atoms with E-state index < -0.39 is 11.9 Å². The van der Waals surface area contributed by atoms with Gasteiger partial charge in [0.1, 0.15) is 47.3 Å². The predicted molar refractivity (Wildman–Crippen MR) is 248 cm³/mol. The van der Waals surface area contributed by atoms with E-state index in [1.807, 2.05) is 64.2 Å². The van der Waals surface area contributed by atoms with Crippen molar-refractivity contribution < 1.29 is 23.5 Å². The summed E-state index contributed by atoms with van der Waals surface area (Å²) >= 11 is 9.46. The van der Waals surface area contributed by atoms with E-state index in [1.165, 1.54) is 12.4 Å². The fraction of sp³-hybridized carbons (Fsp3) is 0.250. The largest absolute Gasteiger partial charge is 0.457 e. The number of nitrogens with one attached hydrogen (secondary N) is 2. The van der Waals surface area contributed by atoms with Crippen LogP contribution in [0.5, 0.6) is 11.5 Å². The molecule has 5 aromatic heterocycles. The molecule has 0 saturated carbocycles. The Labute approximate surface area is 388 Å². The van der Waals surface area contributed by atoms with Crippen molar-refractivity contribution >= 4 is 85.0 Å². The monoisotopic (exact) mass is 975 g/mol. The van der Waals surface area contributed by atoms with E-state index in [4.69, 9.17) is 41.9 Å². The summed E-state index contributed by atoms with van der Waals surface area (Å²) < 4.78 is 30.2. The molecule has 3 aromatic carbocycles. The van der Waals surface area contributed by atoms with Crippen LogP contribution in [0.2, 0.25) is 5.02 Å². The predicted octanol–water partition coefficient (Wildman–Crippen LogP) is 7.03. The molecule has 2 amide bonds. The average molecular weight is 977 g/mol. The van der Waals surface area contributed by atoms with E-state index in [1.54, 1.807) is 26.6 Å². The summed E-state index contributed by atoms with van der Waals surface area (Å²) in [6, 6.07) is 20.0. The Bertz CT molecular complexity index is 3140. The SMILES string of the molecule is C=C(COC(=O)N1CCN(c2nc(NCc3nc4c(F)c(Cl)ccc4[nH]3)n3ncc(Br)c3n2)CC1)C(=O)N1CCC[C@@H](n2nc(-c3ccc(Oc4ccccc4)cc3)c3c(N)ncnc32)C1. The van der Waals surface area contributed by atoms with E-state index >= 15 is 0 Å². The molecular formula is C44H40BrClFN15O4. The average Bonchev–Trinajstić information content (AvgIpc) is 4.07. The van der Waals surface area contributed by atoms with Gasteiger partial charge in [-0.3, -0.25) is 4.79 Å². The molecule has 0 radical (unpaired) electrons. The molecule has 7 heterocycles. The standard InChI is InChI=1S/C44H40BrClFN15O4/c1-25(41(63)60-15-5-6-27(22-60)61-40-34(38(48)50-24-51-40)36(57-61)26-9-11-29(12-10-26)66-28-7-3-2-4-8-28)23-65-44(64)59-18-16-58(17-19-59)43-55-39-30(45)20-52-62(39)42(56-43)49-21-33-53-32-14-13-31(46)35(47)37(32)54-33/h2-4,7-14,20,24,27H,1,5-6,15-19,21-23H2,(H,53,54)(H2,48,50,51)(H,49,55,56)/t27-/m1/s1. The van der Waals surface area contributed by atoms with Gasteiger partial charge < -0.3 is 40.2 Å². The van der Waals surface area contributed by atoms with E-state index in [2.05, 4.69) is 52.9 Å². The lowest BCUT2D eigenvalue weighted by Gasteiger charge is -2.34. The highest BCUT2D eigenvalue weighted by Gasteiger charge is 2.31. The van der Waals surface area contributed by atoms with Crippen LogP contribution in [0.15, 0.2) is 95.9 Å².